The van der Waals surface area contributed by atoms with Crippen LogP contribution in [0, 0.1) is 5.82 Å². The smallest absolute Gasteiger partial charge is 0.417 e. The van der Waals surface area contributed by atoms with Crippen LogP contribution in [-0.2, 0) is 24.0 Å². The Kier molecular flexibility index (Phi) is 9.09. The number of ether oxygens (including phenoxy) is 2. The highest BCUT2D eigenvalue weighted by Gasteiger charge is 2.37. The number of likely N-dealkylation sites (tertiary alicyclic amines) is 1. The first-order valence-corrected chi connectivity index (χ1v) is 11.7. The second-order valence-electron chi connectivity index (χ2n) is 8.89. The Bertz CT molecular complexity index is 1250. The second-order valence-corrected chi connectivity index (χ2v) is 8.89. The molecule has 4 rings (SSSR count). The summed E-state index contributed by atoms with van der Waals surface area (Å²) in [6.07, 6.45) is -2.23. The van der Waals surface area contributed by atoms with Crippen LogP contribution >= 0.6 is 12.4 Å². The van der Waals surface area contributed by atoms with Gasteiger partial charge in [-0.25, -0.2) is 4.39 Å². The number of benzene rings is 2. The van der Waals surface area contributed by atoms with Crippen molar-refractivity contribution in [2.75, 3.05) is 33.9 Å². The minimum atomic E-state index is -4.66. The van der Waals surface area contributed by atoms with Gasteiger partial charge in [-0.2, -0.15) is 13.2 Å². The Balaban J connectivity index is 0.00000380. The van der Waals surface area contributed by atoms with Gasteiger partial charge in [-0.05, 0) is 48.1 Å². The van der Waals surface area contributed by atoms with E-state index in [1.807, 2.05) is 0 Å². The number of carbonyl (C=O) groups excluding carboxylic acids is 1. The van der Waals surface area contributed by atoms with Crippen molar-refractivity contribution in [1.29, 1.82) is 0 Å². The number of aromatic nitrogens is 1. The first-order valence-electron chi connectivity index (χ1n) is 11.7. The van der Waals surface area contributed by atoms with Crippen LogP contribution in [0.4, 0.5) is 17.6 Å². The number of piperidine rings is 1. The predicted octanol–water partition coefficient (Wildman–Crippen LogP) is 5.35. The van der Waals surface area contributed by atoms with Gasteiger partial charge in [0.15, 0.2) is 0 Å². The Morgan fingerprint density at radius 1 is 1.14 bits per heavy atom. The highest BCUT2D eigenvalue weighted by Crippen LogP contribution is 2.41. The van der Waals surface area contributed by atoms with Gasteiger partial charge in [-0.15, -0.1) is 12.4 Å². The van der Waals surface area contributed by atoms with Crippen LogP contribution in [0.3, 0.4) is 0 Å². The zero-order valence-corrected chi connectivity index (χ0v) is 21.4. The largest absolute Gasteiger partial charge is 0.495 e. The molecule has 1 fully saturated rings. The third-order valence-corrected chi connectivity index (χ3v) is 6.79. The molecule has 0 unspecified atom stereocenters. The average molecular weight is 544 g/mol. The standard InChI is InChI=1S/C26H29F4N3O3.ClH/c1-35-12-11-33-15-19(23-20(26(28,29)30)4-6-22(36-2)24(23)33)25(34)32-9-7-17(8-10-32)18-13-16(14-31)3-5-21(18)27;/h3-6,13,15,17H,7-12,14,31H2,1-2H3;1H. The van der Waals surface area contributed by atoms with Gasteiger partial charge < -0.3 is 24.7 Å². The van der Waals surface area contributed by atoms with E-state index >= 15 is 0 Å². The molecule has 2 N–H and O–H groups in total. The molecule has 1 aromatic heterocycles. The Hall–Kier alpha value is -2.82. The fourth-order valence-corrected chi connectivity index (χ4v) is 4.94. The first-order chi connectivity index (χ1) is 17.2. The molecule has 1 aliphatic heterocycles. The van der Waals surface area contributed by atoms with Crippen molar-refractivity contribution < 1.29 is 31.8 Å². The Morgan fingerprint density at radius 2 is 1.84 bits per heavy atom. The summed E-state index contributed by atoms with van der Waals surface area (Å²) in [5.41, 5.74) is 6.34. The van der Waals surface area contributed by atoms with Gasteiger partial charge >= 0.3 is 6.18 Å². The second kappa shape index (κ2) is 11.7. The number of halogens is 5. The van der Waals surface area contributed by atoms with Crippen LogP contribution in [0.15, 0.2) is 36.5 Å². The summed E-state index contributed by atoms with van der Waals surface area (Å²) in [6.45, 7) is 1.38. The van der Waals surface area contributed by atoms with Crippen molar-refractivity contribution in [1.82, 2.24) is 9.47 Å². The van der Waals surface area contributed by atoms with E-state index in [1.54, 1.807) is 16.7 Å². The van der Waals surface area contributed by atoms with Crippen LogP contribution in [0.1, 0.15) is 45.8 Å². The third kappa shape index (κ3) is 5.71. The van der Waals surface area contributed by atoms with E-state index in [9.17, 15) is 22.4 Å². The zero-order valence-electron chi connectivity index (χ0n) is 20.6. The van der Waals surface area contributed by atoms with Gasteiger partial charge in [0, 0.05) is 44.9 Å². The molecule has 1 aliphatic rings. The number of fused-ring (bicyclic) bond motifs is 1. The van der Waals surface area contributed by atoms with E-state index in [2.05, 4.69) is 0 Å². The van der Waals surface area contributed by atoms with Gasteiger partial charge in [0.2, 0.25) is 0 Å². The number of alkyl halides is 3. The van der Waals surface area contributed by atoms with Gasteiger partial charge in [0.05, 0.1) is 30.4 Å². The van der Waals surface area contributed by atoms with Crippen molar-refractivity contribution in [3.8, 4) is 5.75 Å². The molecule has 3 aromatic rings. The molecule has 6 nitrogen and oxygen atoms in total. The van der Waals surface area contributed by atoms with Gasteiger partial charge in [0.25, 0.3) is 5.91 Å². The number of nitrogens with zero attached hydrogens (tertiary/aromatic N) is 2. The maximum atomic E-state index is 14.5. The minimum Gasteiger partial charge on any atom is -0.495 e. The number of methoxy groups -OCH3 is 2. The van der Waals surface area contributed by atoms with Crippen molar-refractivity contribution in [3.63, 3.8) is 0 Å². The van der Waals surface area contributed by atoms with Crippen LogP contribution < -0.4 is 10.5 Å². The van der Waals surface area contributed by atoms with Crippen molar-refractivity contribution in [3.05, 3.63) is 64.6 Å². The normalized spacial score (nSPS) is 14.6. The molecule has 37 heavy (non-hydrogen) atoms. The summed E-state index contributed by atoms with van der Waals surface area (Å²) in [6, 6.07) is 7.00. The van der Waals surface area contributed by atoms with Crippen LogP contribution in [-0.4, -0.2) is 49.3 Å². The minimum absolute atomic E-state index is 0. The zero-order chi connectivity index (χ0) is 26.0. The van der Waals surface area contributed by atoms with Gasteiger partial charge in [-0.3, -0.25) is 4.79 Å². The highest BCUT2D eigenvalue weighted by molar-refractivity contribution is 6.09. The lowest BCUT2D eigenvalue weighted by molar-refractivity contribution is -0.136. The van der Waals surface area contributed by atoms with Crippen molar-refractivity contribution >= 4 is 29.2 Å². The molecule has 0 radical (unpaired) electrons. The quantitative estimate of drug-likeness (QED) is 0.408. The number of carbonyl (C=O) groups is 1. The molecule has 0 bridgehead atoms. The van der Waals surface area contributed by atoms with Crippen LogP contribution in [0.5, 0.6) is 5.75 Å². The van der Waals surface area contributed by atoms with Gasteiger partial charge in [-0.1, -0.05) is 12.1 Å². The molecular formula is C26H30ClF4N3O3. The molecule has 1 saturated heterocycles. The maximum Gasteiger partial charge on any atom is 0.417 e. The molecule has 0 spiro atoms. The molecule has 11 heteroatoms. The monoisotopic (exact) mass is 543 g/mol. The summed E-state index contributed by atoms with van der Waals surface area (Å²) >= 11 is 0. The molecule has 202 valence electrons. The van der Waals surface area contributed by atoms with Crippen LogP contribution in [0.25, 0.3) is 10.9 Å². The number of amides is 1. The average Bonchev–Trinajstić information content (AvgIpc) is 3.25. The molecule has 0 saturated carbocycles. The summed E-state index contributed by atoms with van der Waals surface area (Å²) in [4.78, 5) is 15.1. The lowest BCUT2D eigenvalue weighted by Gasteiger charge is -2.32. The number of hydrogen-bond donors (Lipinski definition) is 1. The predicted molar refractivity (Wildman–Crippen MR) is 135 cm³/mol. The Morgan fingerprint density at radius 3 is 2.43 bits per heavy atom. The fraction of sp³-hybridized carbons (Fsp3) is 0.423. The number of nitrogens with two attached hydrogens (primary N) is 1. The number of hydrogen-bond acceptors (Lipinski definition) is 4. The first kappa shape index (κ1) is 28.7. The molecule has 0 atom stereocenters. The SMILES string of the molecule is COCCn1cc(C(=O)N2CCC(c3cc(CN)ccc3F)CC2)c2c(C(F)(F)F)ccc(OC)c21.Cl. The van der Waals surface area contributed by atoms with E-state index in [-0.39, 0.29) is 59.5 Å². The lowest BCUT2D eigenvalue weighted by Crippen LogP contribution is -2.38. The topological polar surface area (TPSA) is 69.7 Å². The molecule has 2 heterocycles. The maximum absolute atomic E-state index is 14.5. The lowest BCUT2D eigenvalue weighted by atomic mass is 9.88. The van der Waals surface area contributed by atoms with E-state index < -0.39 is 17.6 Å². The van der Waals surface area contributed by atoms with E-state index in [4.69, 9.17) is 15.2 Å². The summed E-state index contributed by atoms with van der Waals surface area (Å²) < 4.78 is 68.5. The number of rotatable bonds is 7. The Labute approximate surface area is 218 Å². The molecule has 1 amide bonds. The molecular weight excluding hydrogens is 514 g/mol. The van der Waals surface area contributed by atoms with E-state index in [1.165, 1.54) is 37.4 Å². The van der Waals surface area contributed by atoms with E-state index in [0.29, 0.717) is 38.0 Å². The van der Waals surface area contributed by atoms with E-state index in [0.717, 1.165) is 11.6 Å². The van der Waals surface area contributed by atoms with Crippen molar-refractivity contribution in [2.24, 2.45) is 5.73 Å². The third-order valence-electron chi connectivity index (χ3n) is 6.79. The highest BCUT2D eigenvalue weighted by atomic mass is 35.5. The fourth-order valence-electron chi connectivity index (χ4n) is 4.94. The summed E-state index contributed by atoms with van der Waals surface area (Å²) in [5, 5.41) is -0.188. The molecule has 0 aliphatic carbocycles. The van der Waals surface area contributed by atoms with Crippen LogP contribution in [0.2, 0.25) is 0 Å². The molecule has 2 aromatic carbocycles. The van der Waals surface area contributed by atoms with Crippen molar-refractivity contribution in [2.45, 2.75) is 38.0 Å². The van der Waals surface area contributed by atoms with Gasteiger partial charge in [0.1, 0.15) is 11.6 Å². The summed E-state index contributed by atoms with van der Waals surface area (Å²) in [5.74, 6) is -0.679. The summed E-state index contributed by atoms with van der Waals surface area (Å²) in [7, 11) is 2.87.